The Hall–Kier alpha value is -0.450. The standard InChI is InChI=1S/C12H22N2OS/c1-4-9(3)11(7-15)13-6-10-8-16-12(5-2)14-10/h8-9,11,13,15H,4-7H2,1-3H3. The van der Waals surface area contributed by atoms with Crippen LogP contribution in [0.4, 0.5) is 0 Å². The molecule has 0 radical (unpaired) electrons. The molecule has 0 aliphatic heterocycles. The first-order chi connectivity index (χ1) is 7.71. The maximum absolute atomic E-state index is 9.28. The number of aromatic nitrogens is 1. The topological polar surface area (TPSA) is 45.2 Å². The Kier molecular flexibility index (Phi) is 5.95. The Bertz CT molecular complexity index is 301. The molecule has 3 nitrogen and oxygen atoms in total. The van der Waals surface area contributed by atoms with Crippen molar-refractivity contribution in [1.29, 1.82) is 0 Å². The van der Waals surface area contributed by atoms with Gasteiger partial charge in [0.1, 0.15) is 0 Å². The second-order valence-electron chi connectivity index (χ2n) is 4.14. The number of aryl methyl sites for hydroxylation is 1. The van der Waals surface area contributed by atoms with Crippen LogP contribution in [0.1, 0.15) is 37.9 Å². The van der Waals surface area contributed by atoms with Crippen LogP contribution in [0.15, 0.2) is 5.38 Å². The van der Waals surface area contributed by atoms with E-state index in [0.29, 0.717) is 5.92 Å². The third kappa shape index (κ3) is 3.85. The van der Waals surface area contributed by atoms with Crippen molar-refractivity contribution >= 4 is 11.3 Å². The lowest BCUT2D eigenvalue weighted by Gasteiger charge is -2.21. The number of nitrogens with zero attached hydrogens (tertiary/aromatic N) is 1. The molecule has 2 unspecified atom stereocenters. The van der Waals surface area contributed by atoms with E-state index in [2.05, 4.69) is 36.5 Å². The number of rotatable bonds is 7. The summed E-state index contributed by atoms with van der Waals surface area (Å²) in [6.07, 6.45) is 2.08. The van der Waals surface area contributed by atoms with E-state index in [0.717, 1.165) is 25.1 Å². The fourth-order valence-electron chi connectivity index (χ4n) is 1.56. The van der Waals surface area contributed by atoms with Crippen LogP contribution in [0.5, 0.6) is 0 Å². The van der Waals surface area contributed by atoms with Crippen LogP contribution in [0.3, 0.4) is 0 Å². The van der Waals surface area contributed by atoms with Crippen molar-refractivity contribution in [2.45, 2.75) is 46.2 Å². The SMILES string of the molecule is CCc1nc(CNC(CO)C(C)CC)cs1. The number of thiazole rings is 1. The highest BCUT2D eigenvalue weighted by Crippen LogP contribution is 2.12. The Morgan fingerprint density at radius 2 is 2.25 bits per heavy atom. The average Bonchev–Trinajstić information content (AvgIpc) is 2.77. The Morgan fingerprint density at radius 1 is 1.50 bits per heavy atom. The van der Waals surface area contributed by atoms with Crippen molar-refractivity contribution in [2.75, 3.05) is 6.61 Å². The number of aliphatic hydroxyl groups is 1. The molecule has 0 amide bonds. The van der Waals surface area contributed by atoms with Gasteiger partial charge in [-0.1, -0.05) is 27.2 Å². The highest BCUT2D eigenvalue weighted by molar-refractivity contribution is 7.09. The van der Waals surface area contributed by atoms with Gasteiger partial charge in [0.05, 0.1) is 17.3 Å². The molecule has 2 atom stereocenters. The molecule has 0 aliphatic carbocycles. The molecule has 0 aliphatic rings. The zero-order valence-electron chi connectivity index (χ0n) is 10.4. The van der Waals surface area contributed by atoms with Gasteiger partial charge in [0.2, 0.25) is 0 Å². The molecule has 1 rings (SSSR count). The van der Waals surface area contributed by atoms with Gasteiger partial charge in [-0.15, -0.1) is 11.3 Å². The van der Waals surface area contributed by atoms with Gasteiger partial charge in [0.15, 0.2) is 0 Å². The third-order valence-corrected chi connectivity index (χ3v) is 4.02. The van der Waals surface area contributed by atoms with Crippen LogP contribution in [0.2, 0.25) is 0 Å². The lowest BCUT2D eigenvalue weighted by Crippen LogP contribution is -2.37. The Balaban J connectivity index is 2.42. The second-order valence-corrected chi connectivity index (χ2v) is 5.08. The lowest BCUT2D eigenvalue weighted by molar-refractivity contribution is 0.201. The number of hydrogen-bond donors (Lipinski definition) is 2. The fourth-order valence-corrected chi connectivity index (χ4v) is 2.30. The van der Waals surface area contributed by atoms with Crippen LogP contribution in [0.25, 0.3) is 0 Å². The van der Waals surface area contributed by atoms with Crippen LogP contribution in [-0.2, 0) is 13.0 Å². The third-order valence-electron chi connectivity index (χ3n) is 2.97. The van der Waals surface area contributed by atoms with Crippen molar-refractivity contribution in [3.05, 3.63) is 16.1 Å². The molecular formula is C12H22N2OS. The van der Waals surface area contributed by atoms with Gasteiger partial charge in [0.25, 0.3) is 0 Å². The molecule has 0 fully saturated rings. The largest absolute Gasteiger partial charge is 0.395 e. The van der Waals surface area contributed by atoms with Gasteiger partial charge < -0.3 is 10.4 Å². The second kappa shape index (κ2) is 6.99. The highest BCUT2D eigenvalue weighted by atomic mass is 32.1. The van der Waals surface area contributed by atoms with Crippen LogP contribution < -0.4 is 5.32 Å². The van der Waals surface area contributed by atoms with E-state index in [-0.39, 0.29) is 12.6 Å². The minimum atomic E-state index is 0.178. The number of aliphatic hydroxyl groups excluding tert-OH is 1. The molecule has 0 saturated heterocycles. The first-order valence-electron chi connectivity index (χ1n) is 5.98. The molecule has 92 valence electrons. The van der Waals surface area contributed by atoms with Crippen LogP contribution in [0, 0.1) is 5.92 Å². The minimum Gasteiger partial charge on any atom is -0.395 e. The van der Waals surface area contributed by atoms with Crippen LogP contribution in [-0.4, -0.2) is 22.7 Å². The summed E-state index contributed by atoms with van der Waals surface area (Å²) in [5.41, 5.74) is 1.09. The van der Waals surface area contributed by atoms with Crippen molar-refractivity contribution in [2.24, 2.45) is 5.92 Å². The van der Waals surface area contributed by atoms with Crippen LogP contribution >= 0.6 is 11.3 Å². The molecule has 2 N–H and O–H groups in total. The number of nitrogens with one attached hydrogen (secondary N) is 1. The summed E-state index contributed by atoms with van der Waals surface area (Å²) in [6, 6.07) is 0.178. The van der Waals surface area contributed by atoms with E-state index in [1.54, 1.807) is 11.3 Å². The van der Waals surface area contributed by atoms with E-state index >= 15 is 0 Å². The predicted molar refractivity (Wildman–Crippen MR) is 68.7 cm³/mol. The molecule has 0 saturated carbocycles. The smallest absolute Gasteiger partial charge is 0.0926 e. The molecule has 0 spiro atoms. The normalized spacial score (nSPS) is 15.0. The van der Waals surface area contributed by atoms with E-state index in [1.165, 1.54) is 5.01 Å². The van der Waals surface area contributed by atoms with Gasteiger partial charge >= 0.3 is 0 Å². The van der Waals surface area contributed by atoms with Gasteiger partial charge in [-0.25, -0.2) is 4.98 Å². The van der Waals surface area contributed by atoms with E-state index in [9.17, 15) is 5.11 Å². The van der Waals surface area contributed by atoms with E-state index in [1.807, 2.05) is 0 Å². The maximum atomic E-state index is 9.28. The van der Waals surface area contributed by atoms with Gasteiger partial charge in [-0.05, 0) is 12.3 Å². The summed E-state index contributed by atoms with van der Waals surface area (Å²) < 4.78 is 0. The zero-order valence-corrected chi connectivity index (χ0v) is 11.2. The summed E-state index contributed by atoms with van der Waals surface area (Å²) in [5.74, 6) is 0.495. The number of hydrogen-bond acceptors (Lipinski definition) is 4. The summed E-state index contributed by atoms with van der Waals surface area (Å²) in [4.78, 5) is 4.49. The molecule has 1 aromatic rings. The van der Waals surface area contributed by atoms with Gasteiger partial charge in [-0.2, -0.15) is 0 Å². The predicted octanol–water partition coefficient (Wildman–Crippen LogP) is 2.20. The quantitative estimate of drug-likeness (QED) is 0.770. The first kappa shape index (κ1) is 13.6. The molecule has 4 heteroatoms. The minimum absolute atomic E-state index is 0.178. The Morgan fingerprint density at radius 3 is 2.75 bits per heavy atom. The van der Waals surface area contributed by atoms with Crippen molar-refractivity contribution in [1.82, 2.24) is 10.3 Å². The van der Waals surface area contributed by atoms with Crippen molar-refractivity contribution in [3.63, 3.8) is 0 Å². The van der Waals surface area contributed by atoms with E-state index in [4.69, 9.17) is 0 Å². The summed E-state index contributed by atoms with van der Waals surface area (Å²) in [7, 11) is 0. The molecule has 16 heavy (non-hydrogen) atoms. The first-order valence-corrected chi connectivity index (χ1v) is 6.86. The summed E-state index contributed by atoms with van der Waals surface area (Å²) >= 11 is 1.71. The fraction of sp³-hybridized carbons (Fsp3) is 0.750. The van der Waals surface area contributed by atoms with E-state index < -0.39 is 0 Å². The van der Waals surface area contributed by atoms with Gasteiger partial charge in [-0.3, -0.25) is 0 Å². The molecule has 0 bridgehead atoms. The zero-order chi connectivity index (χ0) is 12.0. The average molecular weight is 242 g/mol. The molecule has 0 aromatic carbocycles. The Labute approximate surface area is 102 Å². The van der Waals surface area contributed by atoms with Crippen molar-refractivity contribution in [3.8, 4) is 0 Å². The monoisotopic (exact) mass is 242 g/mol. The van der Waals surface area contributed by atoms with Gasteiger partial charge in [0, 0.05) is 18.0 Å². The summed E-state index contributed by atoms with van der Waals surface area (Å²) in [5, 5.41) is 15.9. The van der Waals surface area contributed by atoms with Crippen molar-refractivity contribution < 1.29 is 5.11 Å². The highest BCUT2D eigenvalue weighted by Gasteiger charge is 2.14. The maximum Gasteiger partial charge on any atom is 0.0926 e. The molecule has 1 aromatic heterocycles. The molecule has 1 heterocycles. The summed E-state index contributed by atoms with van der Waals surface area (Å²) in [6.45, 7) is 7.37. The lowest BCUT2D eigenvalue weighted by atomic mass is 10.00. The molecular weight excluding hydrogens is 220 g/mol.